The lowest BCUT2D eigenvalue weighted by molar-refractivity contribution is -0.143. The third kappa shape index (κ3) is 9.54. The second kappa shape index (κ2) is 16.1. The number of hydrogen-bond acceptors (Lipinski definition) is 5. The van der Waals surface area contributed by atoms with Crippen molar-refractivity contribution in [2.45, 2.75) is 47.3 Å². The van der Waals surface area contributed by atoms with Crippen LogP contribution in [0.15, 0.2) is 78.9 Å². The minimum Gasteiger partial charge on any atom is -0.488 e. The topological polar surface area (TPSA) is 54.0 Å². The molecule has 0 aromatic heterocycles. The SMILES string of the molecule is CC.COC(COc1ccc(/C(=C(/CCCl)c2ccccc2)c2ccc(OC(=O)C(C)(C)C)cc2)cc1)OC. The number of rotatable bonds is 11. The standard InChI is InChI=1S/C31H35ClO5.C2H6/c1-31(2,3)30(33)37-26-17-13-24(14-18-26)29(27(19-20-32)22-9-7-6-8-10-22)23-11-15-25(16-12-23)36-21-28(34-4)35-5;1-2/h6-18,28H,19-21H2,1-5H3;1-2H3/b29-27+;. The minimum atomic E-state index is -0.582. The maximum absolute atomic E-state index is 12.3. The number of alkyl halides is 1. The Morgan fingerprint density at radius 1 is 0.769 bits per heavy atom. The normalized spacial score (nSPS) is 11.8. The van der Waals surface area contributed by atoms with Gasteiger partial charge in [-0.1, -0.05) is 68.4 Å². The molecule has 3 aromatic carbocycles. The number of halogens is 1. The van der Waals surface area contributed by atoms with Crippen molar-refractivity contribution in [1.29, 1.82) is 0 Å². The molecule has 3 aromatic rings. The van der Waals surface area contributed by atoms with E-state index in [4.69, 9.17) is 30.5 Å². The van der Waals surface area contributed by atoms with Crippen LogP contribution in [0, 0.1) is 5.41 Å². The first-order chi connectivity index (χ1) is 18.8. The summed E-state index contributed by atoms with van der Waals surface area (Å²) < 4.78 is 21.8. The summed E-state index contributed by atoms with van der Waals surface area (Å²) in [6.07, 6.45) is 0.248. The Morgan fingerprint density at radius 2 is 1.28 bits per heavy atom. The number of esters is 1. The highest BCUT2D eigenvalue weighted by molar-refractivity contribution is 6.18. The largest absolute Gasteiger partial charge is 0.488 e. The Labute approximate surface area is 238 Å². The van der Waals surface area contributed by atoms with E-state index in [1.807, 2.05) is 101 Å². The lowest BCUT2D eigenvalue weighted by atomic mass is 9.88. The van der Waals surface area contributed by atoms with Crippen LogP contribution in [0.5, 0.6) is 11.5 Å². The van der Waals surface area contributed by atoms with Gasteiger partial charge in [-0.05, 0) is 79.3 Å². The van der Waals surface area contributed by atoms with Crippen LogP contribution in [0.4, 0.5) is 0 Å². The van der Waals surface area contributed by atoms with Gasteiger partial charge in [0.05, 0.1) is 5.41 Å². The van der Waals surface area contributed by atoms with Crippen LogP contribution >= 0.6 is 11.6 Å². The number of carbonyl (C=O) groups excluding carboxylic acids is 1. The summed E-state index contributed by atoms with van der Waals surface area (Å²) in [6, 6.07) is 25.8. The van der Waals surface area contributed by atoms with Crippen molar-refractivity contribution in [2.75, 3.05) is 26.7 Å². The number of hydrogen-bond donors (Lipinski definition) is 0. The number of carbonyl (C=O) groups is 1. The van der Waals surface area contributed by atoms with Crippen LogP contribution in [0.1, 0.15) is 57.7 Å². The van der Waals surface area contributed by atoms with Gasteiger partial charge in [0.15, 0.2) is 6.29 Å². The molecule has 0 saturated carbocycles. The van der Waals surface area contributed by atoms with Gasteiger partial charge in [0.2, 0.25) is 0 Å². The molecule has 0 N–H and O–H groups in total. The zero-order valence-corrected chi connectivity index (χ0v) is 24.9. The molecule has 39 heavy (non-hydrogen) atoms. The predicted molar refractivity (Wildman–Crippen MR) is 160 cm³/mol. The van der Waals surface area contributed by atoms with Gasteiger partial charge in [0.1, 0.15) is 18.1 Å². The monoisotopic (exact) mass is 552 g/mol. The van der Waals surface area contributed by atoms with Crippen LogP contribution in [0.25, 0.3) is 11.1 Å². The quantitative estimate of drug-likeness (QED) is 0.0788. The van der Waals surface area contributed by atoms with Crippen LogP contribution in [-0.4, -0.2) is 39.0 Å². The van der Waals surface area contributed by atoms with E-state index in [9.17, 15) is 4.79 Å². The predicted octanol–water partition coefficient (Wildman–Crippen LogP) is 8.25. The molecule has 0 fully saturated rings. The Morgan fingerprint density at radius 3 is 1.74 bits per heavy atom. The molecule has 0 aliphatic carbocycles. The maximum Gasteiger partial charge on any atom is 0.316 e. The molecule has 6 heteroatoms. The zero-order chi connectivity index (χ0) is 28.8. The van der Waals surface area contributed by atoms with Gasteiger partial charge in [-0.15, -0.1) is 11.6 Å². The van der Waals surface area contributed by atoms with E-state index in [2.05, 4.69) is 12.1 Å². The highest BCUT2D eigenvalue weighted by Crippen LogP contribution is 2.36. The first kappa shape index (κ1) is 32.1. The highest BCUT2D eigenvalue weighted by atomic mass is 35.5. The summed E-state index contributed by atoms with van der Waals surface area (Å²) in [6.45, 7) is 9.79. The van der Waals surface area contributed by atoms with Gasteiger partial charge >= 0.3 is 5.97 Å². The first-order valence-corrected chi connectivity index (χ1v) is 13.8. The average molecular weight is 553 g/mol. The molecule has 0 aliphatic rings. The fourth-order valence-corrected chi connectivity index (χ4v) is 3.92. The molecule has 0 atom stereocenters. The summed E-state index contributed by atoms with van der Waals surface area (Å²) in [5.74, 6) is 1.43. The third-order valence-corrected chi connectivity index (χ3v) is 5.98. The summed E-state index contributed by atoms with van der Waals surface area (Å²) in [5.41, 5.74) is 4.71. The van der Waals surface area contributed by atoms with Gasteiger partial charge in [0, 0.05) is 20.1 Å². The minimum absolute atomic E-state index is 0.275. The number of methoxy groups -OCH3 is 2. The van der Waals surface area contributed by atoms with Crippen molar-refractivity contribution in [3.63, 3.8) is 0 Å². The Hall–Kier alpha value is -3.12. The van der Waals surface area contributed by atoms with Gasteiger partial charge < -0.3 is 18.9 Å². The van der Waals surface area contributed by atoms with Crippen molar-refractivity contribution in [3.05, 3.63) is 95.6 Å². The van der Waals surface area contributed by atoms with Gasteiger partial charge in [-0.2, -0.15) is 0 Å². The number of allylic oxidation sites excluding steroid dienone is 1. The fourth-order valence-electron chi connectivity index (χ4n) is 3.73. The molecule has 210 valence electrons. The van der Waals surface area contributed by atoms with Crippen molar-refractivity contribution in [1.82, 2.24) is 0 Å². The lowest BCUT2D eigenvalue weighted by Gasteiger charge is -2.19. The zero-order valence-electron chi connectivity index (χ0n) is 24.1. The van der Waals surface area contributed by atoms with Gasteiger partial charge in [-0.3, -0.25) is 4.79 Å². The molecule has 0 radical (unpaired) electrons. The molecule has 0 unspecified atom stereocenters. The summed E-state index contributed by atoms with van der Waals surface area (Å²) in [4.78, 5) is 12.3. The van der Waals surface area contributed by atoms with Crippen molar-refractivity contribution in [2.24, 2.45) is 5.41 Å². The van der Waals surface area contributed by atoms with Crippen molar-refractivity contribution >= 4 is 28.7 Å². The Kier molecular flexibility index (Phi) is 13.2. The van der Waals surface area contributed by atoms with Crippen LogP contribution in [-0.2, 0) is 14.3 Å². The molecule has 3 rings (SSSR count). The second-order valence-corrected chi connectivity index (χ2v) is 9.94. The number of ether oxygens (including phenoxy) is 4. The van der Waals surface area contributed by atoms with E-state index in [0.717, 1.165) is 27.8 Å². The smallest absolute Gasteiger partial charge is 0.316 e. The molecular formula is C33H41ClO5. The van der Waals surface area contributed by atoms with Gasteiger partial charge in [-0.25, -0.2) is 0 Å². The molecule has 0 saturated heterocycles. The molecular weight excluding hydrogens is 512 g/mol. The molecule has 0 heterocycles. The highest BCUT2D eigenvalue weighted by Gasteiger charge is 2.24. The van der Waals surface area contributed by atoms with E-state index in [-0.39, 0.29) is 12.6 Å². The lowest BCUT2D eigenvalue weighted by Crippen LogP contribution is -2.25. The van der Waals surface area contributed by atoms with Crippen LogP contribution in [0.3, 0.4) is 0 Å². The Balaban J connectivity index is 0.00000260. The summed E-state index contributed by atoms with van der Waals surface area (Å²) >= 11 is 6.28. The fraction of sp³-hybridized carbons (Fsp3) is 0.364. The number of benzene rings is 3. The molecule has 0 amide bonds. The molecule has 0 spiro atoms. The molecule has 5 nitrogen and oxygen atoms in total. The van der Waals surface area contributed by atoms with Crippen LogP contribution < -0.4 is 9.47 Å². The van der Waals surface area contributed by atoms with E-state index >= 15 is 0 Å². The van der Waals surface area contributed by atoms with E-state index in [1.165, 1.54) is 0 Å². The van der Waals surface area contributed by atoms with E-state index in [1.54, 1.807) is 14.2 Å². The van der Waals surface area contributed by atoms with Crippen molar-refractivity contribution < 1.29 is 23.7 Å². The van der Waals surface area contributed by atoms with E-state index < -0.39 is 11.7 Å². The molecule has 0 aliphatic heterocycles. The average Bonchev–Trinajstić information content (AvgIpc) is 2.96. The summed E-state index contributed by atoms with van der Waals surface area (Å²) in [7, 11) is 3.16. The summed E-state index contributed by atoms with van der Waals surface area (Å²) in [5, 5.41) is 0. The maximum atomic E-state index is 12.3. The van der Waals surface area contributed by atoms with Gasteiger partial charge in [0.25, 0.3) is 0 Å². The van der Waals surface area contributed by atoms with Crippen LogP contribution in [0.2, 0.25) is 0 Å². The molecule has 0 bridgehead atoms. The third-order valence-electron chi connectivity index (χ3n) is 5.79. The second-order valence-electron chi connectivity index (χ2n) is 9.56. The first-order valence-electron chi connectivity index (χ1n) is 13.2. The Bertz CT molecular complexity index is 1160. The van der Waals surface area contributed by atoms with E-state index in [0.29, 0.717) is 23.8 Å². The van der Waals surface area contributed by atoms with Crippen molar-refractivity contribution in [3.8, 4) is 11.5 Å².